The number of hydrogen-bond donors (Lipinski definition) is 1. The summed E-state index contributed by atoms with van der Waals surface area (Å²) in [5.41, 5.74) is 7.98. The van der Waals surface area contributed by atoms with Gasteiger partial charge in [-0.25, -0.2) is 12.8 Å². The summed E-state index contributed by atoms with van der Waals surface area (Å²) < 4.78 is 37.0. The van der Waals surface area contributed by atoms with Crippen molar-refractivity contribution in [1.29, 1.82) is 0 Å². The van der Waals surface area contributed by atoms with Gasteiger partial charge in [0.05, 0.1) is 17.1 Å². The van der Waals surface area contributed by atoms with Crippen LogP contribution in [0.15, 0.2) is 96.0 Å². The lowest BCUT2D eigenvalue weighted by Crippen LogP contribution is -2.34. The molecule has 0 saturated carbocycles. The maximum atomic E-state index is 13.4. The Bertz CT molecular complexity index is 1200. The number of hydrazine groups is 1. The average molecular weight is 421 g/mol. The molecule has 30 heavy (non-hydrogen) atoms. The number of sulfone groups is 1. The van der Waals surface area contributed by atoms with Crippen molar-refractivity contribution in [2.45, 2.75) is 11.4 Å². The van der Waals surface area contributed by atoms with Gasteiger partial charge in [-0.1, -0.05) is 54.6 Å². The van der Waals surface area contributed by atoms with Crippen molar-refractivity contribution in [3.8, 4) is 0 Å². The Labute approximate surface area is 175 Å². The molecule has 1 heterocycles. The van der Waals surface area contributed by atoms with Crippen molar-refractivity contribution in [2.24, 2.45) is 0 Å². The summed E-state index contributed by atoms with van der Waals surface area (Å²) in [6, 6.07) is 23.1. The molecule has 0 aromatic heterocycles. The van der Waals surface area contributed by atoms with Gasteiger partial charge in [0.2, 0.25) is 0 Å². The van der Waals surface area contributed by atoms with E-state index in [-0.39, 0.29) is 10.7 Å². The molecule has 4 nitrogen and oxygen atoms in total. The monoisotopic (exact) mass is 420 g/mol. The molecule has 6 heteroatoms. The molecule has 0 unspecified atom stereocenters. The van der Waals surface area contributed by atoms with E-state index in [1.807, 2.05) is 35.5 Å². The van der Waals surface area contributed by atoms with Crippen molar-refractivity contribution in [2.75, 3.05) is 6.26 Å². The van der Waals surface area contributed by atoms with Crippen LogP contribution < -0.4 is 5.43 Å². The molecule has 0 radical (unpaired) electrons. The molecule has 0 atom stereocenters. The minimum atomic E-state index is -3.27. The van der Waals surface area contributed by atoms with Crippen LogP contribution in [-0.4, -0.2) is 19.7 Å². The zero-order chi connectivity index (χ0) is 21.1. The number of nitrogens with one attached hydrogen (secondary N) is 1. The van der Waals surface area contributed by atoms with Gasteiger partial charge >= 0.3 is 0 Å². The summed E-state index contributed by atoms with van der Waals surface area (Å²) in [4.78, 5) is 0.266. The standard InChI is InChI=1S/C24H21FN2O2S/c1-30(28,29)22-13-9-20(10-14-22)24-23(19-7-11-21(25)12-8-19)15-16-27(26-24)17-18-5-3-2-4-6-18/h2-16,26H,17H2,1H3. The Balaban J connectivity index is 1.72. The van der Waals surface area contributed by atoms with Crippen LogP contribution in [0, 0.1) is 5.82 Å². The van der Waals surface area contributed by atoms with Crippen LogP contribution >= 0.6 is 0 Å². The zero-order valence-corrected chi connectivity index (χ0v) is 17.2. The molecule has 0 amide bonds. The SMILES string of the molecule is CS(=O)(=O)c1ccc(C2=C(c3ccc(F)cc3)C=CN(Cc3ccccc3)N2)cc1. The third-order valence-corrected chi connectivity index (χ3v) is 6.00. The van der Waals surface area contributed by atoms with Crippen molar-refractivity contribution in [3.63, 3.8) is 0 Å². The highest BCUT2D eigenvalue weighted by Crippen LogP contribution is 2.30. The first-order valence-corrected chi connectivity index (χ1v) is 11.4. The van der Waals surface area contributed by atoms with E-state index in [9.17, 15) is 12.8 Å². The highest BCUT2D eigenvalue weighted by atomic mass is 32.2. The summed E-state index contributed by atoms with van der Waals surface area (Å²) in [5.74, 6) is -0.295. The Kier molecular flexibility index (Phi) is 5.42. The number of hydrogen-bond acceptors (Lipinski definition) is 4. The van der Waals surface area contributed by atoms with E-state index >= 15 is 0 Å². The van der Waals surface area contributed by atoms with Gasteiger partial charge in [0.25, 0.3) is 0 Å². The minimum absolute atomic E-state index is 0.266. The van der Waals surface area contributed by atoms with Crippen LogP contribution in [0.25, 0.3) is 11.3 Å². The predicted molar refractivity (Wildman–Crippen MR) is 117 cm³/mol. The van der Waals surface area contributed by atoms with Gasteiger partial charge < -0.3 is 0 Å². The fourth-order valence-corrected chi connectivity index (χ4v) is 3.95. The van der Waals surface area contributed by atoms with Gasteiger partial charge in [-0.3, -0.25) is 10.4 Å². The topological polar surface area (TPSA) is 49.4 Å². The molecule has 0 bridgehead atoms. The average Bonchev–Trinajstić information content (AvgIpc) is 2.75. The van der Waals surface area contributed by atoms with Crippen LogP contribution in [0.5, 0.6) is 0 Å². The molecule has 1 N–H and O–H groups in total. The van der Waals surface area contributed by atoms with E-state index in [4.69, 9.17) is 0 Å². The second-order valence-electron chi connectivity index (χ2n) is 7.13. The normalized spacial score (nSPS) is 14.0. The van der Waals surface area contributed by atoms with E-state index < -0.39 is 9.84 Å². The van der Waals surface area contributed by atoms with E-state index in [1.165, 1.54) is 18.4 Å². The first-order valence-electron chi connectivity index (χ1n) is 9.46. The van der Waals surface area contributed by atoms with Gasteiger partial charge in [-0.05, 0) is 41.5 Å². The fraction of sp³-hybridized carbons (Fsp3) is 0.0833. The molecule has 0 spiro atoms. The molecule has 4 rings (SSSR count). The second-order valence-corrected chi connectivity index (χ2v) is 9.15. The van der Waals surface area contributed by atoms with Crippen molar-refractivity contribution in [1.82, 2.24) is 10.4 Å². The quantitative estimate of drug-likeness (QED) is 0.654. The lowest BCUT2D eigenvalue weighted by atomic mass is 9.98. The molecular formula is C24H21FN2O2S. The zero-order valence-electron chi connectivity index (χ0n) is 16.4. The number of rotatable bonds is 5. The molecule has 1 aliphatic rings. The number of benzene rings is 3. The Morgan fingerprint density at radius 2 is 1.50 bits per heavy atom. The van der Waals surface area contributed by atoms with Gasteiger partial charge in [0.15, 0.2) is 9.84 Å². The van der Waals surface area contributed by atoms with E-state index in [0.717, 1.165) is 28.0 Å². The maximum absolute atomic E-state index is 13.4. The Morgan fingerprint density at radius 1 is 0.867 bits per heavy atom. The molecular weight excluding hydrogens is 399 g/mol. The Hall–Kier alpha value is -3.38. The third-order valence-electron chi connectivity index (χ3n) is 4.87. The number of nitrogens with zero attached hydrogens (tertiary/aromatic N) is 1. The summed E-state index contributed by atoms with van der Waals surface area (Å²) in [5, 5.41) is 1.96. The largest absolute Gasteiger partial charge is 0.297 e. The van der Waals surface area contributed by atoms with Crippen LogP contribution in [0.4, 0.5) is 4.39 Å². The fourth-order valence-electron chi connectivity index (χ4n) is 3.32. The smallest absolute Gasteiger partial charge is 0.175 e. The van der Waals surface area contributed by atoms with Crippen LogP contribution in [0.3, 0.4) is 0 Å². The lowest BCUT2D eigenvalue weighted by molar-refractivity contribution is 0.314. The van der Waals surface area contributed by atoms with Crippen molar-refractivity contribution in [3.05, 3.63) is 114 Å². The van der Waals surface area contributed by atoms with Crippen molar-refractivity contribution < 1.29 is 12.8 Å². The van der Waals surface area contributed by atoms with Crippen LogP contribution in [0.2, 0.25) is 0 Å². The summed E-state index contributed by atoms with van der Waals surface area (Å²) in [6.07, 6.45) is 5.11. The first-order chi connectivity index (χ1) is 14.4. The van der Waals surface area contributed by atoms with Crippen LogP contribution in [-0.2, 0) is 16.4 Å². The molecule has 0 fully saturated rings. The second kappa shape index (κ2) is 8.16. The molecule has 3 aromatic rings. The van der Waals surface area contributed by atoms with Gasteiger partial charge in [-0.15, -0.1) is 0 Å². The number of halogens is 1. The predicted octanol–water partition coefficient (Wildman–Crippen LogP) is 4.63. The molecule has 1 aliphatic heterocycles. The van der Waals surface area contributed by atoms with Crippen LogP contribution in [0.1, 0.15) is 16.7 Å². The van der Waals surface area contributed by atoms with Gasteiger partial charge in [-0.2, -0.15) is 0 Å². The van der Waals surface area contributed by atoms with Gasteiger partial charge in [0.1, 0.15) is 5.82 Å². The Morgan fingerprint density at radius 3 is 2.13 bits per heavy atom. The molecule has 152 valence electrons. The summed E-state index contributed by atoms with van der Waals surface area (Å²) in [7, 11) is -3.27. The van der Waals surface area contributed by atoms with Gasteiger partial charge in [0, 0.05) is 23.6 Å². The van der Waals surface area contributed by atoms with E-state index in [1.54, 1.807) is 36.4 Å². The summed E-state index contributed by atoms with van der Waals surface area (Å²) in [6.45, 7) is 0.652. The number of allylic oxidation sites excluding steroid dienone is 2. The highest BCUT2D eigenvalue weighted by Gasteiger charge is 2.17. The third kappa shape index (κ3) is 4.44. The molecule has 3 aromatic carbocycles. The van der Waals surface area contributed by atoms with E-state index in [2.05, 4.69) is 17.6 Å². The lowest BCUT2D eigenvalue weighted by Gasteiger charge is -2.30. The molecule has 0 saturated heterocycles. The minimum Gasteiger partial charge on any atom is -0.297 e. The first kappa shape index (κ1) is 19.9. The van der Waals surface area contributed by atoms with E-state index in [0.29, 0.717) is 6.54 Å². The van der Waals surface area contributed by atoms with Crippen molar-refractivity contribution >= 4 is 21.1 Å². The summed E-state index contributed by atoms with van der Waals surface area (Å²) >= 11 is 0. The molecule has 0 aliphatic carbocycles. The highest BCUT2D eigenvalue weighted by molar-refractivity contribution is 7.90. The maximum Gasteiger partial charge on any atom is 0.175 e.